The quantitative estimate of drug-likeness (QED) is 0.296. The number of carboxylic acids is 1. The number of rotatable bonds is 8. The van der Waals surface area contributed by atoms with Crippen molar-refractivity contribution in [2.75, 3.05) is 26.8 Å². The van der Waals surface area contributed by atoms with Crippen LogP contribution in [0, 0.1) is 34.5 Å². The minimum atomic E-state index is -1.05. The summed E-state index contributed by atoms with van der Waals surface area (Å²) in [7, 11) is 0. The van der Waals surface area contributed by atoms with Crippen molar-refractivity contribution in [2.24, 2.45) is 34.5 Å². The molecule has 2 unspecified atom stereocenters. The molecule has 1 aromatic rings. The van der Waals surface area contributed by atoms with Crippen LogP contribution in [0.1, 0.15) is 83.6 Å². The number of carbonyl (C=O) groups excluding carboxylic acids is 3. The third kappa shape index (κ3) is 5.54. The maximum Gasteiger partial charge on any atom is 0.308 e. The van der Waals surface area contributed by atoms with Crippen LogP contribution in [0.25, 0.3) is 0 Å². The number of ketones is 1. The van der Waals surface area contributed by atoms with E-state index in [9.17, 15) is 29.4 Å². The topological polar surface area (TPSA) is 164 Å². The highest BCUT2D eigenvalue weighted by Gasteiger charge is 2.77. The number of hydrogen-bond donors (Lipinski definition) is 2. The lowest BCUT2D eigenvalue weighted by molar-refractivity contribution is -0.258. The van der Waals surface area contributed by atoms with Crippen LogP contribution in [0.3, 0.4) is 0 Å². The normalized spacial score (nSPS) is 40.0. The second kappa shape index (κ2) is 12.6. The molecule has 4 aliphatic carbocycles. The van der Waals surface area contributed by atoms with E-state index in [0.29, 0.717) is 43.4 Å². The molecule has 0 aromatic heterocycles. The average Bonchev–Trinajstić information content (AvgIpc) is 3.74. The number of aliphatic hydroxyl groups is 1. The summed E-state index contributed by atoms with van der Waals surface area (Å²) in [5.41, 5.74) is -0.166. The Morgan fingerprint density at radius 2 is 1.80 bits per heavy atom. The summed E-state index contributed by atoms with van der Waals surface area (Å²) in [5, 5.41) is 21.7. The zero-order valence-corrected chi connectivity index (χ0v) is 28.3. The first kappa shape index (κ1) is 34.3. The van der Waals surface area contributed by atoms with E-state index in [1.807, 2.05) is 0 Å². The molecule has 12 nitrogen and oxygen atoms in total. The van der Waals surface area contributed by atoms with Gasteiger partial charge in [-0.25, -0.2) is 0 Å². The van der Waals surface area contributed by atoms with E-state index in [0.717, 1.165) is 12.0 Å². The lowest BCUT2D eigenvalue weighted by Crippen LogP contribution is -2.66. The van der Waals surface area contributed by atoms with Crippen molar-refractivity contribution < 1.29 is 57.8 Å². The summed E-state index contributed by atoms with van der Waals surface area (Å²) < 4.78 is 35.4. The van der Waals surface area contributed by atoms with Gasteiger partial charge in [0.15, 0.2) is 19.4 Å². The Hall–Kier alpha value is -3.16. The van der Waals surface area contributed by atoms with Crippen molar-refractivity contribution in [1.82, 2.24) is 0 Å². The minimum Gasteiger partial charge on any atom is -0.481 e. The molecule has 49 heavy (non-hydrogen) atoms. The van der Waals surface area contributed by atoms with Crippen molar-refractivity contribution in [3.8, 4) is 5.75 Å². The van der Waals surface area contributed by atoms with Gasteiger partial charge in [0.05, 0.1) is 25.6 Å². The maximum atomic E-state index is 13.4. The van der Waals surface area contributed by atoms with Gasteiger partial charge in [-0.05, 0) is 79.0 Å². The summed E-state index contributed by atoms with van der Waals surface area (Å²) in [6, 6.07) is 6.43. The lowest BCUT2D eigenvalue weighted by Gasteiger charge is -2.62. The monoisotopic (exact) mass is 682 g/mol. The molecule has 5 fully saturated rings. The predicted octanol–water partition coefficient (Wildman–Crippen LogP) is 4.28. The fourth-order valence-corrected chi connectivity index (χ4v) is 11.0. The first-order valence-electron chi connectivity index (χ1n) is 17.4. The summed E-state index contributed by atoms with van der Waals surface area (Å²) >= 11 is 0. The number of ether oxygens (including phenoxy) is 6. The van der Waals surface area contributed by atoms with E-state index in [4.69, 9.17) is 28.4 Å². The fraction of sp³-hybridized carbons (Fsp3) is 0.676. The Bertz CT molecular complexity index is 1520. The van der Waals surface area contributed by atoms with E-state index in [-0.39, 0.29) is 69.1 Å². The molecule has 10 atom stereocenters. The van der Waals surface area contributed by atoms with Crippen molar-refractivity contribution in [1.29, 1.82) is 0 Å². The van der Waals surface area contributed by atoms with Gasteiger partial charge in [0.2, 0.25) is 5.79 Å². The highest BCUT2D eigenvalue weighted by molar-refractivity contribution is 5.91. The molecular formula is C37H46O12. The Morgan fingerprint density at radius 1 is 1.04 bits per heavy atom. The SMILES string of the molecule is CC(=O)Oc1ccc(C(CC(=O)O)CC(=O)OC[C@H]2C[C@@H]3[C@H]([C@@H](O)C[C@@]4(C)[C@H]3CC[C@@]43OCOC34COCO4)[C@@]3(C)CCC(=O)C=C23)cc1. The average molecular weight is 683 g/mol. The van der Waals surface area contributed by atoms with E-state index in [2.05, 4.69) is 13.8 Å². The number of aliphatic carboxylic acids is 1. The molecule has 7 rings (SSSR count). The second-order valence-corrected chi connectivity index (χ2v) is 15.4. The van der Waals surface area contributed by atoms with Crippen LogP contribution in [-0.4, -0.2) is 78.2 Å². The molecule has 2 aliphatic heterocycles. The Morgan fingerprint density at radius 3 is 2.49 bits per heavy atom. The zero-order chi connectivity index (χ0) is 34.8. The Labute approximate surface area is 285 Å². The number of benzene rings is 1. The van der Waals surface area contributed by atoms with Crippen LogP contribution in [0.2, 0.25) is 0 Å². The van der Waals surface area contributed by atoms with Gasteiger partial charge in [-0.1, -0.05) is 31.6 Å². The largest absolute Gasteiger partial charge is 0.481 e. The summed E-state index contributed by atoms with van der Waals surface area (Å²) in [5.74, 6) is -3.48. The van der Waals surface area contributed by atoms with Gasteiger partial charge in [0.1, 0.15) is 18.0 Å². The molecule has 266 valence electrons. The van der Waals surface area contributed by atoms with E-state index in [1.54, 1.807) is 30.3 Å². The van der Waals surface area contributed by atoms with Crippen LogP contribution in [0.4, 0.5) is 0 Å². The number of esters is 2. The van der Waals surface area contributed by atoms with E-state index >= 15 is 0 Å². The highest BCUT2D eigenvalue weighted by atomic mass is 16.9. The van der Waals surface area contributed by atoms with Crippen LogP contribution in [0.15, 0.2) is 35.9 Å². The van der Waals surface area contributed by atoms with Crippen molar-refractivity contribution in [3.63, 3.8) is 0 Å². The Balaban J connectivity index is 1.12. The molecule has 2 saturated heterocycles. The Kier molecular flexibility index (Phi) is 8.79. The number of hydrogen-bond acceptors (Lipinski definition) is 11. The second-order valence-electron chi connectivity index (χ2n) is 15.4. The summed E-state index contributed by atoms with van der Waals surface area (Å²) in [4.78, 5) is 49.3. The van der Waals surface area contributed by atoms with Gasteiger partial charge in [-0.3, -0.25) is 19.2 Å². The number of carbonyl (C=O) groups is 4. The third-order valence-corrected chi connectivity index (χ3v) is 12.9. The molecular weight excluding hydrogens is 636 g/mol. The molecule has 2 N–H and O–H groups in total. The smallest absolute Gasteiger partial charge is 0.308 e. The molecule has 2 spiro atoms. The fourth-order valence-electron chi connectivity index (χ4n) is 11.0. The van der Waals surface area contributed by atoms with Crippen molar-refractivity contribution in [3.05, 3.63) is 41.5 Å². The predicted molar refractivity (Wildman–Crippen MR) is 170 cm³/mol. The number of aliphatic hydroxyl groups excluding tert-OH is 1. The van der Waals surface area contributed by atoms with Crippen LogP contribution in [0.5, 0.6) is 5.75 Å². The van der Waals surface area contributed by atoms with Crippen molar-refractivity contribution >= 4 is 23.7 Å². The molecule has 0 bridgehead atoms. The van der Waals surface area contributed by atoms with Gasteiger partial charge in [0, 0.05) is 30.6 Å². The molecule has 1 aromatic carbocycles. The van der Waals surface area contributed by atoms with E-state index < -0.39 is 52.1 Å². The van der Waals surface area contributed by atoms with Crippen molar-refractivity contribution in [2.45, 2.75) is 95.5 Å². The standard InChI is InChI=1S/C37H46O12/c1-21(38)49-26-6-4-22(5-7-26)23(13-31(41)42)14-32(43)45-17-24-12-27-28-9-11-36(37(48-20-46-36)18-44-19-47-37)35(28,3)16-30(40)33(27)34(2)10-8-25(39)15-29(24)34/h4-7,15,23-24,27-28,30,33,40H,8-14,16-20H2,1-3H3,(H,41,42)/t23?,24-,27+,28+,30+,33-,34+,35+,36-,37?/m1/s1. The lowest BCUT2D eigenvalue weighted by atomic mass is 9.43. The molecule has 6 aliphatic rings. The summed E-state index contributed by atoms with van der Waals surface area (Å²) in [6.45, 7) is 6.18. The van der Waals surface area contributed by atoms with Gasteiger partial charge < -0.3 is 38.6 Å². The third-order valence-electron chi connectivity index (χ3n) is 12.9. The van der Waals surface area contributed by atoms with Gasteiger partial charge in [-0.15, -0.1) is 0 Å². The van der Waals surface area contributed by atoms with Crippen LogP contribution in [-0.2, 0) is 42.9 Å². The number of fused-ring (bicyclic) bond motifs is 7. The van der Waals surface area contributed by atoms with Gasteiger partial charge >= 0.3 is 17.9 Å². The highest BCUT2D eigenvalue weighted by Crippen LogP contribution is 2.72. The molecule has 12 heteroatoms. The van der Waals surface area contributed by atoms with E-state index in [1.165, 1.54) is 6.92 Å². The summed E-state index contributed by atoms with van der Waals surface area (Å²) in [6.07, 6.45) is 4.33. The van der Waals surface area contributed by atoms with Gasteiger partial charge in [0.25, 0.3) is 0 Å². The molecule has 0 amide bonds. The molecule has 2 heterocycles. The van der Waals surface area contributed by atoms with Gasteiger partial charge in [-0.2, -0.15) is 0 Å². The molecule has 0 radical (unpaired) electrons. The maximum absolute atomic E-state index is 13.4. The van der Waals surface area contributed by atoms with Crippen LogP contribution >= 0.6 is 0 Å². The minimum absolute atomic E-state index is 0.0350. The molecule has 3 saturated carbocycles. The first-order valence-corrected chi connectivity index (χ1v) is 17.4. The number of carboxylic acid groups (broad SMARTS) is 1. The first-order chi connectivity index (χ1) is 23.3. The van der Waals surface area contributed by atoms with Crippen LogP contribution < -0.4 is 4.74 Å². The zero-order valence-electron chi connectivity index (χ0n) is 28.3.